The fourth-order valence-corrected chi connectivity index (χ4v) is 4.19. The zero-order valence-electron chi connectivity index (χ0n) is 13.6. The molecular formula is C17H20N2O3S2. The first-order valence-corrected chi connectivity index (χ1v) is 10.1. The van der Waals surface area contributed by atoms with Gasteiger partial charge in [-0.2, -0.15) is 4.31 Å². The second-order valence-corrected chi connectivity index (χ2v) is 7.78. The van der Waals surface area contributed by atoms with Crippen molar-refractivity contribution >= 4 is 33.4 Å². The summed E-state index contributed by atoms with van der Waals surface area (Å²) in [5.41, 5.74) is 0.683. The summed E-state index contributed by atoms with van der Waals surface area (Å²) >= 11 is 1.52. The number of rotatable bonds is 7. The molecule has 0 aliphatic carbocycles. The predicted molar refractivity (Wildman–Crippen MR) is 97.7 cm³/mol. The van der Waals surface area contributed by atoms with Gasteiger partial charge in [0.05, 0.1) is 17.1 Å². The van der Waals surface area contributed by atoms with E-state index in [1.807, 2.05) is 24.5 Å². The van der Waals surface area contributed by atoms with Gasteiger partial charge in [-0.25, -0.2) is 8.42 Å². The monoisotopic (exact) mass is 364 g/mol. The summed E-state index contributed by atoms with van der Waals surface area (Å²) in [6, 6.07) is 15.5. The van der Waals surface area contributed by atoms with Crippen molar-refractivity contribution in [3.05, 3.63) is 54.6 Å². The second kappa shape index (κ2) is 8.32. The Hall–Kier alpha value is -1.83. The van der Waals surface area contributed by atoms with Crippen LogP contribution in [0.25, 0.3) is 0 Å². The van der Waals surface area contributed by atoms with E-state index < -0.39 is 10.0 Å². The van der Waals surface area contributed by atoms with Gasteiger partial charge in [0.1, 0.15) is 0 Å². The SMILES string of the molecule is CCN(CC(=O)Nc1ccccc1SC)S(=O)(=O)c1ccccc1. The van der Waals surface area contributed by atoms with Crippen molar-refractivity contribution in [3.63, 3.8) is 0 Å². The van der Waals surface area contributed by atoms with Crippen LogP contribution in [0.4, 0.5) is 5.69 Å². The van der Waals surface area contributed by atoms with Crippen LogP contribution in [0.3, 0.4) is 0 Å². The molecule has 0 saturated carbocycles. The van der Waals surface area contributed by atoms with Crippen LogP contribution >= 0.6 is 11.8 Å². The molecule has 0 atom stereocenters. The number of likely N-dealkylation sites (N-methyl/N-ethyl adjacent to an activating group) is 1. The summed E-state index contributed by atoms with van der Waals surface area (Å²) in [5, 5.41) is 2.78. The molecule has 0 aliphatic rings. The number of nitrogens with zero attached hydrogens (tertiary/aromatic N) is 1. The van der Waals surface area contributed by atoms with Gasteiger partial charge in [0.2, 0.25) is 15.9 Å². The van der Waals surface area contributed by atoms with Crippen LogP contribution in [0.5, 0.6) is 0 Å². The fourth-order valence-electron chi connectivity index (χ4n) is 2.21. The molecular weight excluding hydrogens is 344 g/mol. The van der Waals surface area contributed by atoms with Crippen LogP contribution in [-0.2, 0) is 14.8 Å². The number of carbonyl (C=O) groups excluding carboxylic acids is 1. The molecule has 0 aliphatic heterocycles. The summed E-state index contributed by atoms with van der Waals surface area (Å²) < 4.78 is 26.4. The summed E-state index contributed by atoms with van der Waals surface area (Å²) in [6.07, 6.45) is 1.92. The maximum atomic E-state index is 12.6. The number of hydrogen-bond acceptors (Lipinski definition) is 4. The Morgan fingerprint density at radius 3 is 2.33 bits per heavy atom. The number of amides is 1. The Kier molecular flexibility index (Phi) is 6.42. The van der Waals surface area contributed by atoms with Crippen molar-refractivity contribution in [3.8, 4) is 0 Å². The maximum absolute atomic E-state index is 12.6. The Labute approximate surface area is 147 Å². The van der Waals surface area contributed by atoms with E-state index in [9.17, 15) is 13.2 Å². The number of anilines is 1. The van der Waals surface area contributed by atoms with Gasteiger partial charge in [-0.15, -0.1) is 11.8 Å². The van der Waals surface area contributed by atoms with Gasteiger partial charge in [-0.1, -0.05) is 37.3 Å². The number of hydrogen-bond donors (Lipinski definition) is 1. The van der Waals surface area contributed by atoms with E-state index in [0.29, 0.717) is 5.69 Å². The smallest absolute Gasteiger partial charge is 0.243 e. The lowest BCUT2D eigenvalue weighted by molar-refractivity contribution is -0.116. The first-order chi connectivity index (χ1) is 11.5. The molecule has 128 valence electrons. The van der Waals surface area contributed by atoms with Crippen molar-refractivity contribution < 1.29 is 13.2 Å². The standard InChI is InChI=1S/C17H20N2O3S2/c1-3-19(24(21,22)14-9-5-4-6-10-14)13-17(20)18-15-11-7-8-12-16(15)23-2/h4-12H,3,13H2,1-2H3,(H,18,20). The third-order valence-electron chi connectivity index (χ3n) is 3.43. The van der Waals surface area contributed by atoms with Crippen molar-refractivity contribution in [1.82, 2.24) is 4.31 Å². The highest BCUT2D eigenvalue weighted by atomic mass is 32.2. The lowest BCUT2D eigenvalue weighted by Crippen LogP contribution is -2.37. The lowest BCUT2D eigenvalue weighted by atomic mass is 10.3. The van der Waals surface area contributed by atoms with E-state index in [2.05, 4.69) is 5.32 Å². The van der Waals surface area contributed by atoms with Crippen molar-refractivity contribution in [2.75, 3.05) is 24.7 Å². The highest BCUT2D eigenvalue weighted by Crippen LogP contribution is 2.24. The first kappa shape index (κ1) is 18.5. The average molecular weight is 364 g/mol. The molecule has 7 heteroatoms. The van der Waals surface area contributed by atoms with Gasteiger partial charge in [0.15, 0.2) is 0 Å². The largest absolute Gasteiger partial charge is 0.324 e. The van der Waals surface area contributed by atoms with Crippen LogP contribution in [0.15, 0.2) is 64.4 Å². The van der Waals surface area contributed by atoms with Gasteiger partial charge < -0.3 is 5.32 Å². The van der Waals surface area contributed by atoms with Gasteiger partial charge in [0, 0.05) is 11.4 Å². The van der Waals surface area contributed by atoms with Crippen LogP contribution in [0.1, 0.15) is 6.92 Å². The van der Waals surface area contributed by atoms with E-state index in [0.717, 1.165) is 4.90 Å². The highest BCUT2D eigenvalue weighted by Gasteiger charge is 2.25. The van der Waals surface area contributed by atoms with Crippen molar-refractivity contribution in [1.29, 1.82) is 0 Å². The minimum atomic E-state index is -3.69. The Morgan fingerprint density at radius 1 is 1.08 bits per heavy atom. The molecule has 2 aromatic carbocycles. The van der Waals surface area contributed by atoms with Crippen molar-refractivity contribution in [2.24, 2.45) is 0 Å². The zero-order valence-corrected chi connectivity index (χ0v) is 15.2. The second-order valence-electron chi connectivity index (χ2n) is 4.99. The average Bonchev–Trinajstić information content (AvgIpc) is 2.60. The van der Waals surface area contributed by atoms with Crippen LogP contribution in [0.2, 0.25) is 0 Å². The van der Waals surface area contributed by atoms with E-state index in [-0.39, 0.29) is 23.9 Å². The summed E-state index contributed by atoms with van der Waals surface area (Å²) in [7, 11) is -3.69. The summed E-state index contributed by atoms with van der Waals surface area (Å²) in [5.74, 6) is -0.363. The number of benzene rings is 2. The summed E-state index contributed by atoms with van der Waals surface area (Å²) in [6.45, 7) is 1.70. The third kappa shape index (κ3) is 4.37. The molecule has 2 aromatic rings. The number of thioether (sulfide) groups is 1. The first-order valence-electron chi connectivity index (χ1n) is 7.47. The molecule has 24 heavy (non-hydrogen) atoms. The lowest BCUT2D eigenvalue weighted by Gasteiger charge is -2.20. The molecule has 0 heterocycles. The molecule has 0 bridgehead atoms. The molecule has 0 radical (unpaired) electrons. The molecule has 2 rings (SSSR count). The van der Waals surface area contributed by atoms with Crippen LogP contribution in [-0.4, -0.2) is 38.0 Å². The topological polar surface area (TPSA) is 66.5 Å². The minimum Gasteiger partial charge on any atom is -0.324 e. The van der Waals surface area contributed by atoms with Crippen LogP contribution in [0, 0.1) is 0 Å². The van der Waals surface area contributed by atoms with Gasteiger partial charge in [0.25, 0.3) is 0 Å². The Balaban J connectivity index is 2.14. The van der Waals surface area contributed by atoms with E-state index in [4.69, 9.17) is 0 Å². The van der Waals surface area contributed by atoms with Gasteiger partial charge in [-0.05, 0) is 30.5 Å². The normalized spacial score (nSPS) is 11.5. The fraction of sp³-hybridized carbons (Fsp3) is 0.235. The maximum Gasteiger partial charge on any atom is 0.243 e. The van der Waals surface area contributed by atoms with Gasteiger partial charge in [-0.3, -0.25) is 4.79 Å². The van der Waals surface area contributed by atoms with Crippen molar-refractivity contribution in [2.45, 2.75) is 16.7 Å². The molecule has 0 unspecified atom stereocenters. The molecule has 0 spiro atoms. The van der Waals surface area contributed by atoms with E-state index >= 15 is 0 Å². The molecule has 1 N–H and O–H groups in total. The van der Waals surface area contributed by atoms with E-state index in [1.54, 1.807) is 31.2 Å². The molecule has 5 nitrogen and oxygen atoms in total. The summed E-state index contributed by atoms with van der Waals surface area (Å²) in [4.78, 5) is 13.4. The molecule has 1 amide bonds. The van der Waals surface area contributed by atoms with Gasteiger partial charge >= 0.3 is 0 Å². The zero-order chi connectivity index (χ0) is 17.6. The minimum absolute atomic E-state index is 0.184. The quantitative estimate of drug-likeness (QED) is 0.767. The number of sulfonamides is 1. The molecule has 0 saturated heterocycles. The molecule has 0 aromatic heterocycles. The Morgan fingerprint density at radius 2 is 1.71 bits per heavy atom. The number of nitrogens with one attached hydrogen (secondary N) is 1. The van der Waals surface area contributed by atoms with Crippen LogP contribution < -0.4 is 5.32 Å². The number of para-hydroxylation sites is 1. The highest BCUT2D eigenvalue weighted by molar-refractivity contribution is 7.98. The number of carbonyl (C=O) groups is 1. The van der Waals surface area contributed by atoms with E-state index in [1.165, 1.54) is 28.2 Å². The Bertz CT molecular complexity index is 792. The molecule has 0 fully saturated rings. The third-order valence-corrected chi connectivity index (χ3v) is 6.17. The predicted octanol–water partition coefficient (Wildman–Crippen LogP) is 3.06.